The fraction of sp³-hybridized carbons (Fsp3) is 0.600. The Morgan fingerprint density at radius 2 is 1.88 bits per heavy atom. The molecule has 0 aliphatic heterocycles. The van der Waals surface area contributed by atoms with E-state index in [1.54, 1.807) is 7.11 Å². The third-order valence-corrected chi connectivity index (χ3v) is 3.92. The summed E-state index contributed by atoms with van der Waals surface area (Å²) >= 11 is 0. The zero-order valence-electron chi connectivity index (χ0n) is 11.1. The lowest BCUT2D eigenvalue weighted by molar-refractivity contribution is 0.379. The largest absolute Gasteiger partial charge is 0.496 e. The van der Waals surface area contributed by atoms with E-state index in [1.165, 1.54) is 24.0 Å². The van der Waals surface area contributed by atoms with Gasteiger partial charge in [0, 0.05) is 11.1 Å². The van der Waals surface area contributed by atoms with Crippen molar-refractivity contribution < 1.29 is 4.74 Å². The van der Waals surface area contributed by atoms with Crippen LogP contribution in [0.1, 0.15) is 56.6 Å². The predicted molar refractivity (Wildman–Crippen MR) is 71.4 cm³/mol. The molecule has 2 heteroatoms. The van der Waals surface area contributed by atoms with Crippen LogP contribution in [0.25, 0.3) is 0 Å². The van der Waals surface area contributed by atoms with Gasteiger partial charge in [0.1, 0.15) is 5.75 Å². The molecule has 0 heterocycles. The van der Waals surface area contributed by atoms with Gasteiger partial charge in [-0.15, -0.1) is 0 Å². The van der Waals surface area contributed by atoms with Crippen LogP contribution in [0.15, 0.2) is 18.2 Å². The number of methoxy groups -OCH3 is 1. The minimum absolute atomic E-state index is 0.170. The van der Waals surface area contributed by atoms with Crippen LogP contribution >= 0.6 is 0 Å². The molecule has 1 aliphatic carbocycles. The molecular formula is C15H23NO. The summed E-state index contributed by atoms with van der Waals surface area (Å²) in [5, 5.41) is 0. The maximum absolute atomic E-state index is 6.55. The number of ether oxygens (including phenoxy) is 1. The van der Waals surface area contributed by atoms with E-state index in [2.05, 4.69) is 32.0 Å². The highest BCUT2D eigenvalue weighted by Gasteiger charge is 2.34. The van der Waals surface area contributed by atoms with E-state index in [-0.39, 0.29) is 5.54 Å². The molecule has 2 rings (SSSR count). The van der Waals surface area contributed by atoms with E-state index >= 15 is 0 Å². The van der Waals surface area contributed by atoms with Gasteiger partial charge in [-0.2, -0.15) is 0 Å². The third-order valence-electron chi connectivity index (χ3n) is 3.92. The standard InChI is InChI=1S/C15H23NO/c1-11(2)12-6-7-14(17-3)13(10-12)15(16)8-4-5-9-15/h6-7,10-11H,4-5,8-9,16H2,1-3H3. The second-order valence-electron chi connectivity index (χ2n) is 5.48. The van der Waals surface area contributed by atoms with Crippen molar-refractivity contribution in [3.05, 3.63) is 29.3 Å². The molecule has 0 unspecified atom stereocenters. The fourth-order valence-corrected chi connectivity index (χ4v) is 2.75. The summed E-state index contributed by atoms with van der Waals surface area (Å²) in [7, 11) is 1.73. The lowest BCUT2D eigenvalue weighted by atomic mass is 9.86. The van der Waals surface area contributed by atoms with Gasteiger partial charge in [-0.1, -0.05) is 32.8 Å². The van der Waals surface area contributed by atoms with E-state index in [0.717, 1.165) is 18.6 Å². The molecule has 0 radical (unpaired) electrons. The van der Waals surface area contributed by atoms with Crippen LogP contribution in [0, 0.1) is 0 Å². The highest BCUT2D eigenvalue weighted by molar-refractivity contribution is 5.43. The van der Waals surface area contributed by atoms with Crippen molar-refractivity contribution in [2.45, 2.75) is 51.0 Å². The SMILES string of the molecule is COc1ccc(C(C)C)cc1C1(N)CCCC1. The Balaban J connectivity index is 2.45. The molecule has 1 saturated carbocycles. The highest BCUT2D eigenvalue weighted by atomic mass is 16.5. The van der Waals surface area contributed by atoms with Crippen molar-refractivity contribution in [3.8, 4) is 5.75 Å². The number of hydrogen-bond donors (Lipinski definition) is 1. The first kappa shape index (κ1) is 12.4. The minimum atomic E-state index is -0.170. The van der Waals surface area contributed by atoms with Gasteiger partial charge in [0.15, 0.2) is 0 Å². The maximum atomic E-state index is 6.55. The van der Waals surface area contributed by atoms with Crippen molar-refractivity contribution in [3.63, 3.8) is 0 Å². The third kappa shape index (κ3) is 2.32. The van der Waals surface area contributed by atoms with E-state index in [0.29, 0.717) is 5.92 Å². The quantitative estimate of drug-likeness (QED) is 0.866. The molecular weight excluding hydrogens is 210 g/mol. The van der Waals surface area contributed by atoms with E-state index in [4.69, 9.17) is 10.5 Å². The normalized spacial score (nSPS) is 18.6. The van der Waals surface area contributed by atoms with Gasteiger partial charge < -0.3 is 10.5 Å². The van der Waals surface area contributed by atoms with E-state index in [1.807, 2.05) is 0 Å². The van der Waals surface area contributed by atoms with Gasteiger partial charge in [0.25, 0.3) is 0 Å². The van der Waals surface area contributed by atoms with Gasteiger partial charge in [-0.05, 0) is 36.5 Å². The van der Waals surface area contributed by atoms with Crippen molar-refractivity contribution in [1.29, 1.82) is 0 Å². The van der Waals surface area contributed by atoms with Crippen LogP contribution in [-0.2, 0) is 5.54 Å². The smallest absolute Gasteiger partial charge is 0.123 e. The van der Waals surface area contributed by atoms with Gasteiger partial charge >= 0.3 is 0 Å². The molecule has 1 fully saturated rings. The topological polar surface area (TPSA) is 35.2 Å². The lowest BCUT2D eigenvalue weighted by Crippen LogP contribution is -2.33. The van der Waals surface area contributed by atoms with Crippen LogP contribution in [0.5, 0.6) is 5.75 Å². The van der Waals surface area contributed by atoms with E-state index < -0.39 is 0 Å². The average Bonchev–Trinajstić information content (AvgIpc) is 2.76. The zero-order valence-corrected chi connectivity index (χ0v) is 11.1. The van der Waals surface area contributed by atoms with Gasteiger partial charge in [0.2, 0.25) is 0 Å². The molecule has 0 saturated heterocycles. The second kappa shape index (κ2) is 4.69. The van der Waals surface area contributed by atoms with Crippen LogP contribution in [0.3, 0.4) is 0 Å². The summed E-state index contributed by atoms with van der Waals surface area (Å²) in [5.74, 6) is 1.48. The molecule has 94 valence electrons. The first-order valence-electron chi connectivity index (χ1n) is 6.54. The Bertz CT molecular complexity index is 392. The summed E-state index contributed by atoms with van der Waals surface area (Å²) in [5.41, 5.74) is 8.92. The zero-order chi connectivity index (χ0) is 12.5. The number of rotatable bonds is 3. The molecule has 0 spiro atoms. The first-order valence-corrected chi connectivity index (χ1v) is 6.54. The monoisotopic (exact) mass is 233 g/mol. The first-order chi connectivity index (χ1) is 8.07. The average molecular weight is 233 g/mol. The Labute approximate surface area is 104 Å². The Morgan fingerprint density at radius 1 is 1.24 bits per heavy atom. The van der Waals surface area contributed by atoms with Crippen molar-refractivity contribution in [2.75, 3.05) is 7.11 Å². The Morgan fingerprint density at radius 3 is 2.41 bits per heavy atom. The van der Waals surface area contributed by atoms with Crippen LogP contribution in [0.4, 0.5) is 0 Å². The fourth-order valence-electron chi connectivity index (χ4n) is 2.75. The van der Waals surface area contributed by atoms with Gasteiger partial charge in [-0.25, -0.2) is 0 Å². The molecule has 1 aromatic carbocycles. The summed E-state index contributed by atoms with van der Waals surface area (Å²) in [6, 6.07) is 6.46. The van der Waals surface area contributed by atoms with Gasteiger partial charge in [-0.3, -0.25) is 0 Å². The van der Waals surface area contributed by atoms with Crippen LogP contribution in [0.2, 0.25) is 0 Å². The number of nitrogens with two attached hydrogens (primary N) is 1. The summed E-state index contributed by atoms with van der Waals surface area (Å²) in [6.45, 7) is 4.42. The Hall–Kier alpha value is -1.02. The van der Waals surface area contributed by atoms with Crippen molar-refractivity contribution in [2.24, 2.45) is 5.73 Å². The lowest BCUT2D eigenvalue weighted by Gasteiger charge is -2.27. The maximum Gasteiger partial charge on any atom is 0.123 e. The molecule has 0 amide bonds. The molecule has 0 atom stereocenters. The molecule has 2 N–H and O–H groups in total. The minimum Gasteiger partial charge on any atom is -0.496 e. The van der Waals surface area contributed by atoms with Crippen molar-refractivity contribution in [1.82, 2.24) is 0 Å². The molecule has 17 heavy (non-hydrogen) atoms. The van der Waals surface area contributed by atoms with Crippen LogP contribution in [-0.4, -0.2) is 7.11 Å². The van der Waals surface area contributed by atoms with Crippen molar-refractivity contribution >= 4 is 0 Å². The molecule has 1 aliphatic rings. The predicted octanol–water partition coefficient (Wildman–Crippen LogP) is 3.55. The molecule has 2 nitrogen and oxygen atoms in total. The summed E-state index contributed by atoms with van der Waals surface area (Å²) in [6.07, 6.45) is 4.60. The Kier molecular flexibility index (Phi) is 3.43. The van der Waals surface area contributed by atoms with Gasteiger partial charge in [0.05, 0.1) is 7.11 Å². The number of benzene rings is 1. The van der Waals surface area contributed by atoms with E-state index in [9.17, 15) is 0 Å². The molecule has 1 aromatic rings. The summed E-state index contributed by atoms with van der Waals surface area (Å²) in [4.78, 5) is 0. The highest BCUT2D eigenvalue weighted by Crippen LogP contribution is 2.41. The second-order valence-corrected chi connectivity index (χ2v) is 5.48. The number of hydrogen-bond acceptors (Lipinski definition) is 2. The summed E-state index contributed by atoms with van der Waals surface area (Å²) < 4.78 is 5.48. The molecule has 0 bridgehead atoms. The van der Waals surface area contributed by atoms with Crippen LogP contribution < -0.4 is 10.5 Å². The molecule has 0 aromatic heterocycles.